The number of rotatable bonds is 1. The molecule has 1 aliphatic heterocycles. The highest BCUT2D eigenvalue weighted by atomic mass is 16.1. The molecule has 1 heterocycles. The molecule has 0 aliphatic carbocycles. The van der Waals surface area contributed by atoms with Gasteiger partial charge in [-0.15, -0.1) is 0 Å². The van der Waals surface area contributed by atoms with Gasteiger partial charge in [0.25, 0.3) is 0 Å². The zero-order valence-electron chi connectivity index (χ0n) is 9.36. The van der Waals surface area contributed by atoms with E-state index in [1.54, 1.807) is 0 Å². The maximum atomic E-state index is 11.4. The van der Waals surface area contributed by atoms with Crippen LogP contribution in [0.1, 0.15) is 24.0 Å². The third kappa shape index (κ3) is 2.06. The predicted octanol–water partition coefficient (Wildman–Crippen LogP) is 2.04. The monoisotopic (exact) mass is 214 g/mol. The first-order valence-electron chi connectivity index (χ1n) is 5.48. The van der Waals surface area contributed by atoms with E-state index >= 15 is 0 Å². The molecule has 82 valence electrons. The lowest BCUT2D eigenvalue weighted by Crippen LogP contribution is -2.36. The number of aryl methyl sites for hydroxylation is 1. The second-order valence-electron chi connectivity index (χ2n) is 4.20. The molecule has 1 aliphatic rings. The fraction of sp³-hybridized carbons (Fsp3) is 0.385. The largest absolute Gasteiger partial charge is 0.363 e. The zero-order valence-corrected chi connectivity index (χ0v) is 9.36. The first kappa shape index (κ1) is 10.7. The highest BCUT2D eigenvalue weighted by Gasteiger charge is 2.19. The molecule has 0 unspecified atom stereocenters. The number of nitriles is 1. The van der Waals surface area contributed by atoms with E-state index in [4.69, 9.17) is 5.26 Å². The van der Waals surface area contributed by atoms with Crippen LogP contribution in [0.5, 0.6) is 0 Å². The molecule has 0 saturated carbocycles. The molecule has 1 saturated heterocycles. The SMILES string of the molecule is Cc1ccc(C#N)c(N2CCCC(=O)C2)c1. The van der Waals surface area contributed by atoms with Gasteiger partial charge in [0.1, 0.15) is 6.07 Å². The highest BCUT2D eigenvalue weighted by molar-refractivity contribution is 5.85. The number of carbonyl (C=O) groups excluding carboxylic acids is 1. The number of benzene rings is 1. The van der Waals surface area contributed by atoms with E-state index in [1.807, 2.05) is 30.0 Å². The van der Waals surface area contributed by atoms with Crippen molar-refractivity contribution in [1.29, 1.82) is 5.26 Å². The summed E-state index contributed by atoms with van der Waals surface area (Å²) >= 11 is 0. The molecule has 1 fully saturated rings. The van der Waals surface area contributed by atoms with Gasteiger partial charge in [-0.1, -0.05) is 6.07 Å². The summed E-state index contributed by atoms with van der Waals surface area (Å²) in [5, 5.41) is 9.04. The van der Waals surface area contributed by atoms with Gasteiger partial charge >= 0.3 is 0 Å². The van der Waals surface area contributed by atoms with Crippen LogP contribution in [-0.4, -0.2) is 18.9 Å². The fourth-order valence-corrected chi connectivity index (χ4v) is 2.04. The van der Waals surface area contributed by atoms with Gasteiger partial charge in [-0.2, -0.15) is 5.26 Å². The summed E-state index contributed by atoms with van der Waals surface area (Å²) in [4.78, 5) is 13.4. The summed E-state index contributed by atoms with van der Waals surface area (Å²) in [6.45, 7) is 3.30. The summed E-state index contributed by atoms with van der Waals surface area (Å²) in [5.41, 5.74) is 2.67. The van der Waals surface area contributed by atoms with E-state index < -0.39 is 0 Å². The fourth-order valence-electron chi connectivity index (χ4n) is 2.04. The van der Waals surface area contributed by atoms with Crippen molar-refractivity contribution in [2.45, 2.75) is 19.8 Å². The number of nitrogens with zero attached hydrogens (tertiary/aromatic N) is 2. The molecule has 0 bridgehead atoms. The quantitative estimate of drug-likeness (QED) is 0.718. The van der Waals surface area contributed by atoms with Crippen molar-refractivity contribution >= 4 is 11.5 Å². The van der Waals surface area contributed by atoms with Crippen molar-refractivity contribution in [2.24, 2.45) is 0 Å². The van der Waals surface area contributed by atoms with Crippen LogP contribution in [0.2, 0.25) is 0 Å². The number of hydrogen-bond acceptors (Lipinski definition) is 3. The third-order valence-electron chi connectivity index (χ3n) is 2.87. The topological polar surface area (TPSA) is 44.1 Å². The second kappa shape index (κ2) is 4.36. The molecule has 0 radical (unpaired) electrons. The number of hydrogen-bond donors (Lipinski definition) is 0. The molecule has 1 aromatic rings. The molecule has 0 aromatic heterocycles. The molecule has 0 atom stereocenters. The van der Waals surface area contributed by atoms with Crippen LogP contribution in [-0.2, 0) is 4.79 Å². The summed E-state index contributed by atoms with van der Waals surface area (Å²) in [5.74, 6) is 0.261. The number of piperidine rings is 1. The van der Waals surface area contributed by atoms with E-state index in [2.05, 4.69) is 6.07 Å². The van der Waals surface area contributed by atoms with Gasteiger partial charge in [0.15, 0.2) is 5.78 Å². The molecular weight excluding hydrogens is 200 g/mol. The summed E-state index contributed by atoms with van der Waals surface area (Å²) in [7, 11) is 0. The Bertz CT molecular complexity index is 459. The summed E-state index contributed by atoms with van der Waals surface area (Å²) < 4.78 is 0. The van der Waals surface area contributed by atoms with Gasteiger partial charge in [0, 0.05) is 13.0 Å². The van der Waals surface area contributed by atoms with Crippen molar-refractivity contribution in [3.63, 3.8) is 0 Å². The van der Waals surface area contributed by atoms with E-state index in [1.165, 1.54) is 0 Å². The van der Waals surface area contributed by atoms with E-state index in [9.17, 15) is 4.79 Å². The van der Waals surface area contributed by atoms with Crippen LogP contribution in [0.15, 0.2) is 18.2 Å². The normalized spacial score (nSPS) is 16.0. The zero-order chi connectivity index (χ0) is 11.5. The first-order valence-corrected chi connectivity index (χ1v) is 5.48. The predicted molar refractivity (Wildman–Crippen MR) is 62.3 cm³/mol. The van der Waals surface area contributed by atoms with Gasteiger partial charge in [-0.25, -0.2) is 0 Å². The molecule has 16 heavy (non-hydrogen) atoms. The van der Waals surface area contributed by atoms with E-state index in [0.717, 1.165) is 24.2 Å². The van der Waals surface area contributed by atoms with Crippen LogP contribution < -0.4 is 4.90 Å². The van der Waals surface area contributed by atoms with Crippen LogP contribution >= 0.6 is 0 Å². The Kier molecular flexibility index (Phi) is 2.91. The lowest BCUT2D eigenvalue weighted by molar-refractivity contribution is -0.118. The van der Waals surface area contributed by atoms with E-state index in [-0.39, 0.29) is 5.78 Å². The number of ketones is 1. The van der Waals surface area contributed by atoms with Crippen molar-refractivity contribution in [1.82, 2.24) is 0 Å². The number of Topliss-reactive ketones (excluding diaryl/α,β-unsaturated/α-hetero) is 1. The van der Waals surface area contributed by atoms with Crippen LogP contribution in [0, 0.1) is 18.3 Å². The summed E-state index contributed by atoms with van der Waals surface area (Å²) in [6, 6.07) is 7.91. The second-order valence-corrected chi connectivity index (χ2v) is 4.20. The molecule has 2 rings (SSSR count). The minimum Gasteiger partial charge on any atom is -0.363 e. The Hall–Kier alpha value is -1.82. The van der Waals surface area contributed by atoms with Crippen molar-refractivity contribution in [2.75, 3.05) is 18.0 Å². The van der Waals surface area contributed by atoms with Crippen LogP contribution in [0.25, 0.3) is 0 Å². The average Bonchev–Trinajstić information content (AvgIpc) is 2.29. The molecule has 1 aromatic carbocycles. The molecule has 3 nitrogen and oxygen atoms in total. The van der Waals surface area contributed by atoms with Crippen molar-refractivity contribution in [3.8, 4) is 6.07 Å². The molecule has 0 amide bonds. The molecule has 3 heteroatoms. The number of carbonyl (C=O) groups is 1. The Morgan fingerprint density at radius 1 is 1.44 bits per heavy atom. The highest BCUT2D eigenvalue weighted by Crippen LogP contribution is 2.24. The molecule has 0 spiro atoms. The van der Waals surface area contributed by atoms with Crippen molar-refractivity contribution in [3.05, 3.63) is 29.3 Å². The maximum absolute atomic E-state index is 11.4. The Morgan fingerprint density at radius 3 is 2.94 bits per heavy atom. The lowest BCUT2D eigenvalue weighted by Gasteiger charge is -2.28. The van der Waals surface area contributed by atoms with Crippen LogP contribution in [0.3, 0.4) is 0 Å². The van der Waals surface area contributed by atoms with E-state index in [0.29, 0.717) is 18.5 Å². The van der Waals surface area contributed by atoms with Crippen molar-refractivity contribution < 1.29 is 4.79 Å². The molecule has 0 N–H and O–H groups in total. The Morgan fingerprint density at radius 2 is 2.25 bits per heavy atom. The molecular formula is C13H14N2O. The third-order valence-corrected chi connectivity index (χ3v) is 2.87. The minimum atomic E-state index is 0.261. The summed E-state index contributed by atoms with van der Waals surface area (Å²) in [6.07, 6.45) is 1.56. The average molecular weight is 214 g/mol. The Labute approximate surface area is 95.3 Å². The lowest BCUT2D eigenvalue weighted by atomic mass is 10.1. The van der Waals surface area contributed by atoms with Gasteiger partial charge in [-0.3, -0.25) is 4.79 Å². The van der Waals surface area contributed by atoms with Gasteiger partial charge < -0.3 is 4.90 Å². The first-order chi connectivity index (χ1) is 7.70. The number of anilines is 1. The standard InChI is InChI=1S/C13H14N2O/c1-10-4-5-11(8-14)13(7-10)15-6-2-3-12(16)9-15/h4-5,7H,2-3,6,9H2,1H3. The minimum absolute atomic E-state index is 0.261. The van der Waals surface area contributed by atoms with Gasteiger partial charge in [0.05, 0.1) is 17.8 Å². The smallest absolute Gasteiger partial charge is 0.152 e. The van der Waals surface area contributed by atoms with Gasteiger partial charge in [0.2, 0.25) is 0 Å². The Balaban J connectivity index is 2.35. The van der Waals surface area contributed by atoms with Gasteiger partial charge in [-0.05, 0) is 31.0 Å². The maximum Gasteiger partial charge on any atom is 0.152 e. The van der Waals surface area contributed by atoms with Crippen LogP contribution in [0.4, 0.5) is 5.69 Å².